The Balaban J connectivity index is 1.56. The summed E-state index contributed by atoms with van der Waals surface area (Å²) in [4.78, 5) is 25.6. The molecule has 5 nitrogen and oxygen atoms in total. The smallest absolute Gasteiger partial charge is 0.338 e. The Bertz CT molecular complexity index is 868. The number of rotatable bonds is 4. The van der Waals surface area contributed by atoms with Crippen LogP contribution in [0, 0.1) is 11.7 Å². The summed E-state index contributed by atoms with van der Waals surface area (Å²) in [5.74, 6) is -0.785. The van der Waals surface area contributed by atoms with Crippen molar-refractivity contribution in [3.8, 4) is 0 Å². The van der Waals surface area contributed by atoms with E-state index in [0.717, 1.165) is 12.1 Å². The van der Waals surface area contributed by atoms with Crippen LogP contribution in [0.4, 0.5) is 33.7 Å². The van der Waals surface area contributed by atoms with Crippen LogP contribution < -0.4 is 15.5 Å². The minimum absolute atomic E-state index is 0.115. The highest BCUT2D eigenvalue weighted by Gasteiger charge is 2.34. The van der Waals surface area contributed by atoms with Gasteiger partial charge < -0.3 is 15.5 Å². The average Bonchev–Trinajstić information content (AvgIpc) is 3.01. The fourth-order valence-corrected chi connectivity index (χ4v) is 3.03. The number of hydrogen-bond donors (Lipinski definition) is 2. The SMILES string of the molecule is O=C(NCC1CC(=O)N(c2ccc(F)cc2)C1)Nc1ccccc1C(F)(F)F. The quantitative estimate of drug-likeness (QED) is 0.769. The fourth-order valence-electron chi connectivity index (χ4n) is 3.03. The fraction of sp³-hybridized carbons (Fsp3) is 0.263. The second kappa shape index (κ2) is 7.87. The van der Waals surface area contributed by atoms with Crippen molar-refractivity contribution in [1.29, 1.82) is 0 Å². The van der Waals surface area contributed by atoms with Gasteiger partial charge in [0.25, 0.3) is 0 Å². The van der Waals surface area contributed by atoms with Crippen molar-refractivity contribution in [2.45, 2.75) is 12.6 Å². The highest BCUT2D eigenvalue weighted by Crippen LogP contribution is 2.34. The molecule has 1 atom stereocenters. The van der Waals surface area contributed by atoms with Gasteiger partial charge in [0.15, 0.2) is 0 Å². The Hall–Kier alpha value is -3.10. The van der Waals surface area contributed by atoms with Gasteiger partial charge in [-0.3, -0.25) is 4.79 Å². The van der Waals surface area contributed by atoms with Crippen molar-refractivity contribution < 1.29 is 27.2 Å². The first-order valence-corrected chi connectivity index (χ1v) is 8.51. The Morgan fingerprint density at radius 2 is 1.79 bits per heavy atom. The first kappa shape index (κ1) is 19.7. The molecular formula is C19H17F4N3O2. The molecule has 2 aromatic carbocycles. The Morgan fingerprint density at radius 3 is 2.46 bits per heavy atom. The molecular weight excluding hydrogens is 378 g/mol. The maximum atomic E-state index is 13.0. The van der Waals surface area contributed by atoms with Gasteiger partial charge in [0.2, 0.25) is 5.91 Å². The zero-order valence-electron chi connectivity index (χ0n) is 14.6. The number of benzene rings is 2. The normalized spacial score (nSPS) is 16.9. The van der Waals surface area contributed by atoms with E-state index in [1.807, 2.05) is 0 Å². The largest absolute Gasteiger partial charge is 0.418 e. The number of alkyl halides is 3. The molecule has 0 spiro atoms. The van der Waals surface area contributed by atoms with Crippen LogP contribution in [-0.2, 0) is 11.0 Å². The molecule has 1 unspecified atom stereocenters. The minimum atomic E-state index is -4.59. The van der Waals surface area contributed by atoms with E-state index in [0.29, 0.717) is 12.2 Å². The van der Waals surface area contributed by atoms with E-state index in [1.54, 1.807) is 0 Å². The molecule has 1 saturated heterocycles. The van der Waals surface area contributed by atoms with Gasteiger partial charge in [-0.2, -0.15) is 13.2 Å². The van der Waals surface area contributed by atoms with E-state index in [9.17, 15) is 27.2 Å². The highest BCUT2D eigenvalue weighted by atomic mass is 19.4. The molecule has 28 heavy (non-hydrogen) atoms. The molecule has 0 aromatic heterocycles. The summed E-state index contributed by atoms with van der Waals surface area (Å²) in [5, 5.41) is 4.69. The second-order valence-corrected chi connectivity index (χ2v) is 6.43. The summed E-state index contributed by atoms with van der Waals surface area (Å²) in [6.07, 6.45) is -4.41. The van der Waals surface area contributed by atoms with Crippen molar-refractivity contribution in [2.75, 3.05) is 23.3 Å². The molecule has 1 fully saturated rings. The Morgan fingerprint density at radius 1 is 1.11 bits per heavy atom. The molecule has 3 rings (SSSR count). The van der Waals surface area contributed by atoms with Crippen molar-refractivity contribution in [2.24, 2.45) is 5.92 Å². The lowest BCUT2D eigenvalue weighted by Crippen LogP contribution is -2.34. The lowest BCUT2D eigenvalue weighted by Gasteiger charge is -2.17. The zero-order valence-corrected chi connectivity index (χ0v) is 14.6. The highest BCUT2D eigenvalue weighted by molar-refractivity contribution is 5.96. The monoisotopic (exact) mass is 395 g/mol. The predicted molar refractivity (Wildman–Crippen MR) is 95.3 cm³/mol. The molecule has 3 amide bonds. The van der Waals surface area contributed by atoms with Crippen molar-refractivity contribution in [1.82, 2.24) is 5.32 Å². The first-order valence-electron chi connectivity index (χ1n) is 8.51. The average molecular weight is 395 g/mol. The van der Waals surface area contributed by atoms with Crippen molar-refractivity contribution in [3.63, 3.8) is 0 Å². The van der Waals surface area contributed by atoms with Gasteiger partial charge in [0.1, 0.15) is 5.82 Å². The number of para-hydroxylation sites is 1. The van der Waals surface area contributed by atoms with Crippen LogP contribution in [0.1, 0.15) is 12.0 Å². The Kier molecular flexibility index (Phi) is 5.53. The summed E-state index contributed by atoms with van der Waals surface area (Å²) in [5.41, 5.74) is -0.732. The molecule has 2 aromatic rings. The lowest BCUT2D eigenvalue weighted by atomic mass is 10.1. The number of halogens is 4. The van der Waals surface area contributed by atoms with Gasteiger partial charge in [0, 0.05) is 31.1 Å². The van der Waals surface area contributed by atoms with Crippen LogP contribution in [0.5, 0.6) is 0 Å². The molecule has 0 radical (unpaired) electrons. The number of urea groups is 1. The van der Waals surface area contributed by atoms with Gasteiger partial charge in [-0.25, -0.2) is 9.18 Å². The summed E-state index contributed by atoms with van der Waals surface area (Å²) >= 11 is 0. The number of anilines is 2. The van der Waals surface area contributed by atoms with E-state index in [4.69, 9.17) is 0 Å². The molecule has 1 aliphatic rings. The summed E-state index contributed by atoms with van der Waals surface area (Å²) in [6.45, 7) is 0.438. The Labute approximate surface area is 158 Å². The molecule has 1 aliphatic heterocycles. The third-order valence-electron chi connectivity index (χ3n) is 4.38. The molecule has 2 N–H and O–H groups in total. The second-order valence-electron chi connectivity index (χ2n) is 6.43. The molecule has 0 bridgehead atoms. The van der Waals surface area contributed by atoms with Crippen LogP contribution in [-0.4, -0.2) is 25.0 Å². The number of nitrogens with one attached hydrogen (secondary N) is 2. The standard InChI is InChI=1S/C19H17F4N3O2/c20-13-5-7-14(8-6-13)26-11-12(9-17(26)27)10-24-18(28)25-16-4-2-1-3-15(16)19(21,22)23/h1-8,12H,9-11H2,(H2,24,25,28). The lowest BCUT2D eigenvalue weighted by molar-refractivity contribution is -0.136. The molecule has 9 heteroatoms. The van der Waals surface area contributed by atoms with E-state index in [2.05, 4.69) is 10.6 Å². The zero-order chi connectivity index (χ0) is 20.3. The van der Waals surface area contributed by atoms with Crippen molar-refractivity contribution in [3.05, 3.63) is 59.9 Å². The topological polar surface area (TPSA) is 61.4 Å². The first-order chi connectivity index (χ1) is 13.2. The summed E-state index contributed by atoms with van der Waals surface area (Å²) in [6, 6.07) is 9.36. The third kappa shape index (κ3) is 4.59. The predicted octanol–water partition coefficient (Wildman–Crippen LogP) is 4.02. The van der Waals surface area contributed by atoms with Crippen LogP contribution in [0.15, 0.2) is 48.5 Å². The third-order valence-corrected chi connectivity index (χ3v) is 4.38. The van der Waals surface area contributed by atoms with Crippen molar-refractivity contribution >= 4 is 23.3 Å². The maximum absolute atomic E-state index is 13.0. The van der Waals surface area contributed by atoms with E-state index >= 15 is 0 Å². The van der Waals surface area contributed by atoms with Gasteiger partial charge >= 0.3 is 12.2 Å². The molecule has 1 heterocycles. The number of nitrogens with zero attached hydrogens (tertiary/aromatic N) is 1. The molecule has 0 aliphatic carbocycles. The van der Waals surface area contributed by atoms with Gasteiger partial charge in [-0.15, -0.1) is 0 Å². The van der Waals surface area contributed by atoms with Gasteiger partial charge in [0.05, 0.1) is 11.3 Å². The van der Waals surface area contributed by atoms with E-state index in [-0.39, 0.29) is 30.5 Å². The summed E-state index contributed by atoms with van der Waals surface area (Å²) in [7, 11) is 0. The van der Waals surface area contributed by atoms with Crippen LogP contribution in [0.2, 0.25) is 0 Å². The molecule has 0 saturated carbocycles. The van der Waals surface area contributed by atoms with Crippen LogP contribution >= 0.6 is 0 Å². The van der Waals surface area contributed by atoms with Crippen LogP contribution in [0.3, 0.4) is 0 Å². The number of amides is 3. The summed E-state index contributed by atoms with van der Waals surface area (Å²) < 4.78 is 51.9. The number of carbonyl (C=O) groups is 2. The minimum Gasteiger partial charge on any atom is -0.338 e. The molecule has 148 valence electrons. The number of hydrogen-bond acceptors (Lipinski definition) is 2. The van der Waals surface area contributed by atoms with Gasteiger partial charge in [-0.05, 0) is 36.4 Å². The van der Waals surface area contributed by atoms with Gasteiger partial charge in [-0.1, -0.05) is 12.1 Å². The maximum Gasteiger partial charge on any atom is 0.418 e. The number of carbonyl (C=O) groups excluding carboxylic acids is 2. The van der Waals surface area contributed by atoms with E-state index < -0.39 is 23.6 Å². The van der Waals surface area contributed by atoms with E-state index in [1.165, 1.54) is 41.3 Å². The van der Waals surface area contributed by atoms with Crippen LogP contribution in [0.25, 0.3) is 0 Å².